The van der Waals surface area contributed by atoms with Crippen molar-refractivity contribution in [1.82, 2.24) is 9.80 Å². The largest absolute Gasteiger partial charge is 0.298 e. The first-order valence-corrected chi connectivity index (χ1v) is 9.65. The maximum Gasteiger partial charge on any atom is 0.0113 e. The van der Waals surface area contributed by atoms with Gasteiger partial charge < -0.3 is 0 Å². The lowest BCUT2D eigenvalue weighted by Gasteiger charge is -2.49. The van der Waals surface area contributed by atoms with Gasteiger partial charge in [-0.2, -0.15) is 0 Å². The molecular formula is C19H36N2. The first kappa shape index (κ1) is 15.8. The molecule has 3 rings (SSSR count). The number of nitrogens with zero attached hydrogens (tertiary/aromatic N) is 2. The zero-order valence-corrected chi connectivity index (χ0v) is 14.6. The summed E-state index contributed by atoms with van der Waals surface area (Å²) in [5.74, 6) is 2.94. The molecule has 0 atom stereocenters. The van der Waals surface area contributed by atoms with Crippen LogP contribution in [-0.2, 0) is 0 Å². The molecule has 0 N–H and O–H groups in total. The van der Waals surface area contributed by atoms with E-state index in [1.54, 1.807) is 0 Å². The minimum atomic E-state index is 0.899. The molecule has 3 aliphatic rings. The van der Waals surface area contributed by atoms with Crippen LogP contribution in [0.15, 0.2) is 0 Å². The predicted molar refractivity (Wildman–Crippen MR) is 90.5 cm³/mol. The maximum atomic E-state index is 2.82. The number of rotatable bonds is 4. The van der Waals surface area contributed by atoms with Crippen LogP contribution in [0.5, 0.6) is 0 Å². The summed E-state index contributed by atoms with van der Waals surface area (Å²) in [5, 5.41) is 0. The van der Waals surface area contributed by atoms with Crippen LogP contribution in [0.3, 0.4) is 0 Å². The van der Waals surface area contributed by atoms with Crippen molar-refractivity contribution in [3.8, 4) is 0 Å². The third kappa shape index (κ3) is 3.64. The molecular weight excluding hydrogens is 256 g/mol. The van der Waals surface area contributed by atoms with Crippen molar-refractivity contribution < 1.29 is 0 Å². The van der Waals surface area contributed by atoms with Crippen LogP contribution in [0, 0.1) is 17.8 Å². The zero-order chi connectivity index (χ0) is 14.8. The molecule has 0 amide bonds. The lowest BCUT2D eigenvalue weighted by molar-refractivity contribution is 0.00154. The Morgan fingerprint density at radius 3 is 1.81 bits per heavy atom. The van der Waals surface area contributed by atoms with E-state index in [0.29, 0.717) is 0 Å². The van der Waals surface area contributed by atoms with Gasteiger partial charge in [-0.25, -0.2) is 0 Å². The van der Waals surface area contributed by atoms with Gasteiger partial charge in [-0.3, -0.25) is 9.80 Å². The van der Waals surface area contributed by atoms with Crippen molar-refractivity contribution in [3.05, 3.63) is 0 Å². The van der Waals surface area contributed by atoms with Crippen molar-refractivity contribution in [2.24, 2.45) is 17.8 Å². The van der Waals surface area contributed by atoms with E-state index >= 15 is 0 Å². The fourth-order valence-electron chi connectivity index (χ4n) is 4.86. The summed E-state index contributed by atoms with van der Waals surface area (Å²) in [6.07, 6.45) is 10.3. The summed E-state index contributed by atoms with van der Waals surface area (Å²) in [4.78, 5) is 5.62. The second kappa shape index (κ2) is 7.00. The molecule has 0 aromatic rings. The Bertz CT molecular complexity index is 306. The van der Waals surface area contributed by atoms with E-state index in [9.17, 15) is 0 Å². The summed E-state index contributed by atoms with van der Waals surface area (Å²) in [6, 6.07) is 1.84. The van der Waals surface area contributed by atoms with Gasteiger partial charge in [0, 0.05) is 38.3 Å². The van der Waals surface area contributed by atoms with Crippen LogP contribution in [-0.4, -0.2) is 48.1 Å². The summed E-state index contributed by atoms with van der Waals surface area (Å²) >= 11 is 0. The monoisotopic (exact) mass is 292 g/mol. The minimum absolute atomic E-state index is 0.899. The second-order valence-electron chi connectivity index (χ2n) is 8.28. The number of hydrogen-bond acceptors (Lipinski definition) is 2. The summed E-state index contributed by atoms with van der Waals surface area (Å²) < 4.78 is 0. The van der Waals surface area contributed by atoms with Gasteiger partial charge in [0.05, 0.1) is 0 Å². The molecule has 1 aliphatic heterocycles. The van der Waals surface area contributed by atoms with Gasteiger partial charge in [0.2, 0.25) is 0 Å². The van der Waals surface area contributed by atoms with E-state index < -0.39 is 0 Å². The minimum Gasteiger partial charge on any atom is -0.298 e. The zero-order valence-electron chi connectivity index (χ0n) is 14.6. The SMILES string of the molecule is CCC1CCC(N2CCN(C3CC(C(C)C)C3)CC2)CC1. The lowest BCUT2D eigenvalue weighted by Crippen LogP contribution is -2.56. The highest BCUT2D eigenvalue weighted by molar-refractivity contribution is 4.91. The molecule has 2 saturated carbocycles. The molecule has 21 heavy (non-hydrogen) atoms. The Labute approximate surface area is 132 Å². The van der Waals surface area contributed by atoms with Crippen molar-refractivity contribution in [1.29, 1.82) is 0 Å². The molecule has 2 nitrogen and oxygen atoms in total. The van der Waals surface area contributed by atoms with Crippen LogP contribution >= 0.6 is 0 Å². The quantitative estimate of drug-likeness (QED) is 0.772. The summed E-state index contributed by atoms with van der Waals surface area (Å²) in [7, 11) is 0. The van der Waals surface area contributed by atoms with Gasteiger partial charge in [-0.1, -0.05) is 27.2 Å². The van der Waals surface area contributed by atoms with Crippen molar-refractivity contribution >= 4 is 0 Å². The standard InChI is InChI=1S/C19H36N2/c1-4-16-5-7-18(8-6-16)20-9-11-21(12-10-20)19-13-17(14-19)15(2)3/h15-19H,4-14H2,1-3H3. The Balaban J connectivity index is 1.38. The molecule has 3 fully saturated rings. The molecule has 2 aliphatic carbocycles. The van der Waals surface area contributed by atoms with Gasteiger partial charge >= 0.3 is 0 Å². The van der Waals surface area contributed by atoms with Gasteiger partial charge in [0.25, 0.3) is 0 Å². The van der Waals surface area contributed by atoms with E-state index in [4.69, 9.17) is 0 Å². The lowest BCUT2D eigenvalue weighted by atomic mass is 9.73. The first-order valence-electron chi connectivity index (χ1n) is 9.65. The highest BCUT2D eigenvalue weighted by Gasteiger charge is 2.37. The Morgan fingerprint density at radius 2 is 1.33 bits per heavy atom. The molecule has 0 bridgehead atoms. The summed E-state index contributed by atoms with van der Waals surface area (Å²) in [6.45, 7) is 12.5. The molecule has 2 heteroatoms. The smallest absolute Gasteiger partial charge is 0.0113 e. The Morgan fingerprint density at radius 1 is 0.810 bits per heavy atom. The third-order valence-electron chi connectivity index (χ3n) is 6.87. The van der Waals surface area contributed by atoms with E-state index in [1.165, 1.54) is 71.1 Å². The van der Waals surface area contributed by atoms with Crippen molar-refractivity contribution in [2.45, 2.75) is 77.8 Å². The average molecular weight is 293 g/mol. The van der Waals surface area contributed by atoms with Crippen LogP contribution in [0.4, 0.5) is 0 Å². The van der Waals surface area contributed by atoms with Crippen LogP contribution in [0.25, 0.3) is 0 Å². The highest BCUT2D eigenvalue weighted by atomic mass is 15.3. The molecule has 0 unspecified atom stereocenters. The normalized spacial score (nSPS) is 39.4. The summed E-state index contributed by atoms with van der Waals surface area (Å²) in [5.41, 5.74) is 0. The van der Waals surface area contributed by atoms with E-state index in [1.807, 2.05) is 0 Å². The van der Waals surface area contributed by atoms with Gasteiger partial charge in [0.15, 0.2) is 0 Å². The molecule has 0 aromatic carbocycles. The molecule has 0 spiro atoms. The molecule has 0 aromatic heterocycles. The van der Waals surface area contributed by atoms with Gasteiger partial charge in [-0.15, -0.1) is 0 Å². The maximum absolute atomic E-state index is 2.82. The Hall–Kier alpha value is -0.0800. The van der Waals surface area contributed by atoms with Gasteiger partial charge in [-0.05, 0) is 56.3 Å². The van der Waals surface area contributed by atoms with Crippen molar-refractivity contribution in [2.75, 3.05) is 26.2 Å². The Kier molecular flexibility index (Phi) is 5.27. The number of piperazine rings is 1. The van der Waals surface area contributed by atoms with Crippen LogP contribution in [0.1, 0.15) is 65.7 Å². The van der Waals surface area contributed by atoms with Gasteiger partial charge in [0.1, 0.15) is 0 Å². The molecule has 1 saturated heterocycles. The molecule has 1 heterocycles. The van der Waals surface area contributed by atoms with Crippen LogP contribution < -0.4 is 0 Å². The fourth-order valence-corrected chi connectivity index (χ4v) is 4.86. The molecule has 122 valence electrons. The third-order valence-corrected chi connectivity index (χ3v) is 6.87. The van der Waals surface area contributed by atoms with E-state index in [-0.39, 0.29) is 0 Å². The number of hydrogen-bond donors (Lipinski definition) is 0. The highest BCUT2D eigenvalue weighted by Crippen LogP contribution is 2.37. The first-order chi connectivity index (χ1) is 10.2. The van der Waals surface area contributed by atoms with E-state index in [2.05, 4.69) is 30.6 Å². The topological polar surface area (TPSA) is 6.48 Å². The van der Waals surface area contributed by atoms with Crippen LogP contribution in [0.2, 0.25) is 0 Å². The molecule has 0 radical (unpaired) electrons. The average Bonchev–Trinajstić information content (AvgIpc) is 2.46. The predicted octanol–water partition coefficient (Wildman–Crippen LogP) is 4.01. The second-order valence-corrected chi connectivity index (χ2v) is 8.28. The van der Waals surface area contributed by atoms with E-state index in [0.717, 1.165) is 29.8 Å². The van der Waals surface area contributed by atoms with Crippen molar-refractivity contribution in [3.63, 3.8) is 0 Å². The fraction of sp³-hybridized carbons (Fsp3) is 1.00.